The molecule has 1 saturated heterocycles. The molecule has 0 aliphatic carbocycles. The molecule has 2 aliphatic rings. The van der Waals surface area contributed by atoms with Crippen LogP contribution in [-0.4, -0.2) is 48.3 Å². The van der Waals surface area contributed by atoms with E-state index in [1.807, 2.05) is 26.0 Å². The molecule has 0 bridgehead atoms. The minimum absolute atomic E-state index is 0.0323. The zero-order chi connectivity index (χ0) is 21.7. The molecular formula is C22H23NO6S. The first kappa shape index (κ1) is 20.6. The molecule has 0 aromatic heterocycles. The minimum atomic E-state index is -3.75. The van der Waals surface area contributed by atoms with Crippen molar-refractivity contribution in [2.75, 3.05) is 13.1 Å². The van der Waals surface area contributed by atoms with Gasteiger partial charge in [0, 0.05) is 25.9 Å². The third-order valence-corrected chi connectivity index (χ3v) is 7.82. The number of piperidine rings is 1. The standard InChI is InChI=1S/C22H23NO6S/c1-14-11-15(2)20-18(24)13-22(29-19(20)12-14)7-9-23(10-8-22)30(27,28)17-5-3-16(4-6-17)21(25)26/h3-6,11-12H,7-10,13H2,1-2H3,(H,25,26). The average molecular weight is 429 g/mol. The molecule has 4 rings (SSSR count). The van der Waals surface area contributed by atoms with Gasteiger partial charge in [-0.15, -0.1) is 0 Å². The summed E-state index contributed by atoms with van der Waals surface area (Å²) in [4.78, 5) is 23.9. The van der Waals surface area contributed by atoms with E-state index in [9.17, 15) is 18.0 Å². The lowest BCUT2D eigenvalue weighted by Crippen LogP contribution is -2.52. The second kappa shape index (κ2) is 7.21. The lowest BCUT2D eigenvalue weighted by molar-refractivity contribution is 0.00576. The Morgan fingerprint density at radius 3 is 2.33 bits per heavy atom. The summed E-state index contributed by atoms with van der Waals surface area (Å²) in [6.07, 6.45) is 1.07. The molecule has 0 atom stereocenters. The highest BCUT2D eigenvalue weighted by Gasteiger charge is 2.45. The Morgan fingerprint density at radius 2 is 1.73 bits per heavy atom. The van der Waals surface area contributed by atoms with Crippen LogP contribution in [0.15, 0.2) is 41.3 Å². The van der Waals surface area contributed by atoms with Crippen LogP contribution in [0.1, 0.15) is 51.1 Å². The molecular weight excluding hydrogens is 406 g/mol. The monoisotopic (exact) mass is 429 g/mol. The fraction of sp³-hybridized carbons (Fsp3) is 0.364. The molecule has 158 valence electrons. The predicted octanol–water partition coefficient (Wildman–Crippen LogP) is 3.19. The van der Waals surface area contributed by atoms with Gasteiger partial charge in [-0.3, -0.25) is 4.79 Å². The summed E-state index contributed by atoms with van der Waals surface area (Å²) < 4.78 is 33.6. The van der Waals surface area contributed by atoms with Crippen molar-refractivity contribution >= 4 is 21.8 Å². The van der Waals surface area contributed by atoms with Crippen molar-refractivity contribution in [2.24, 2.45) is 0 Å². The van der Waals surface area contributed by atoms with Crippen LogP contribution >= 0.6 is 0 Å². The zero-order valence-corrected chi connectivity index (χ0v) is 17.7. The van der Waals surface area contributed by atoms with Crippen LogP contribution in [0.3, 0.4) is 0 Å². The van der Waals surface area contributed by atoms with Crippen LogP contribution in [0, 0.1) is 13.8 Å². The topological polar surface area (TPSA) is 101 Å². The number of rotatable bonds is 3. The lowest BCUT2D eigenvalue weighted by Gasteiger charge is -2.43. The van der Waals surface area contributed by atoms with E-state index in [0.717, 1.165) is 11.1 Å². The number of hydrogen-bond donors (Lipinski definition) is 1. The smallest absolute Gasteiger partial charge is 0.335 e. The van der Waals surface area contributed by atoms with Gasteiger partial charge < -0.3 is 9.84 Å². The summed E-state index contributed by atoms with van der Waals surface area (Å²) >= 11 is 0. The first-order chi connectivity index (χ1) is 14.1. The highest BCUT2D eigenvalue weighted by Crippen LogP contribution is 2.41. The molecule has 0 amide bonds. The summed E-state index contributed by atoms with van der Waals surface area (Å²) in [7, 11) is -3.75. The number of fused-ring (bicyclic) bond motifs is 1. The number of aryl methyl sites for hydroxylation is 2. The fourth-order valence-electron chi connectivity index (χ4n) is 4.35. The molecule has 1 N–H and O–H groups in total. The van der Waals surface area contributed by atoms with Crippen molar-refractivity contribution in [2.45, 2.75) is 43.6 Å². The molecule has 0 unspecified atom stereocenters. The molecule has 7 nitrogen and oxygen atoms in total. The number of carboxylic acids is 1. The first-order valence-corrected chi connectivity index (χ1v) is 11.2. The van der Waals surface area contributed by atoms with E-state index >= 15 is 0 Å². The molecule has 0 saturated carbocycles. The van der Waals surface area contributed by atoms with Gasteiger partial charge >= 0.3 is 5.97 Å². The number of ether oxygens (including phenoxy) is 1. The Kier molecular flexibility index (Phi) is 4.94. The maximum Gasteiger partial charge on any atom is 0.335 e. The molecule has 0 radical (unpaired) electrons. The SMILES string of the molecule is Cc1cc(C)c2c(c1)OC1(CCN(S(=O)(=O)c3ccc(C(=O)O)cc3)CC1)CC2=O. The number of carbonyl (C=O) groups is 2. The molecule has 1 fully saturated rings. The maximum atomic E-state index is 13.0. The van der Waals surface area contributed by atoms with Crippen molar-refractivity contribution in [3.8, 4) is 5.75 Å². The Bertz CT molecular complexity index is 1130. The summed E-state index contributed by atoms with van der Waals surface area (Å²) in [5.41, 5.74) is 1.88. The molecule has 2 aromatic carbocycles. The number of ketones is 1. The van der Waals surface area contributed by atoms with Crippen LogP contribution < -0.4 is 4.74 Å². The van der Waals surface area contributed by atoms with E-state index in [0.29, 0.717) is 24.2 Å². The second-order valence-electron chi connectivity index (χ2n) is 8.07. The van der Waals surface area contributed by atoms with Gasteiger partial charge in [-0.05, 0) is 55.3 Å². The summed E-state index contributed by atoms with van der Waals surface area (Å²) in [5.74, 6) is -0.484. The lowest BCUT2D eigenvalue weighted by atomic mass is 9.82. The third kappa shape index (κ3) is 3.50. The van der Waals surface area contributed by atoms with Crippen molar-refractivity contribution in [3.63, 3.8) is 0 Å². The number of Topliss-reactive ketones (excluding diaryl/α,β-unsaturated/α-hetero) is 1. The van der Waals surface area contributed by atoms with E-state index < -0.39 is 21.6 Å². The normalized spacial score (nSPS) is 18.7. The van der Waals surface area contributed by atoms with Gasteiger partial charge in [0.1, 0.15) is 11.4 Å². The number of carboxylic acid groups (broad SMARTS) is 1. The largest absolute Gasteiger partial charge is 0.486 e. The summed E-state index contributed by atoms with van der Waals surface area (Å²) in [6.45, 7) is 4.32. The zero-order valence-electron chi connectivity index (χ0n) is 16.8. The average Bonchev–Trinajstić information content (AvgIpc) is 2.67. The van der Waals surface area contributed by atoms with Crippen molar-refractivity contribution in [3.05, 3.63) is 58.7 Å². The minimum Gasteiger partial charge on any atom is -0.486 e. The molecule has 2 aromatic rings. The molecule has 8 heteroatoms. The van der Waals surface area contributed by atoms with Crippen molar-refractivity contribution in [1.82, 2.24) is 4.31 Å². The summed E-state index contributed by atoms with van der Waals surface area (Å²) in [5, 5.41) is 8.99. The van der Waals surface area contributed by atoms with E-state index in [-0.39, 0.29) is 35.8 Å². The van der Waals surface area contributed by atoms with Crippen LogP contribution in [-0.2, 0) is 10.0 Å². The number of aromatic carboxylic acids is 1. The van der Waals surface area contributed by atoms with Gasteiger partial charge in [0.2, 0.25) is 10.0 Å². The van der Waals surface area contributed by atoms with Gasteiger partial charge in [0.05, 0.1) is 22.4 Å². The number of hydrogen-bond acceptors (Lipinski definition) is 5. The summed E-state index contributed by atoms with van der Waals surface area (Å²) in [6, 6.07) is 9.02. The molecule has 2 heterocycles. The Labute approximate surface area is 175 Å². The van der Waals surface area contributed by atoms with Gasteiger partial charge in [-0.25, -0.2) is 13.2 Å². The van der Waals surface area contributed by atoms with E-state index in [4.69, 9.17) is 9.84 Å². The number of sulfonamides is 1. The van der Waals surface area contributed by atoms with Crippen LogP contribution in [0.25, 0.3) is 0 Å². The Morgan fingerprint density at radius 1 is 1.10 bits per heavy atom. The fourth-order valence-corrected chi connectivity index (χ4v) is 5.79. The van der Waals surface area contributed by atoms with Crippen molar-refractivity contribution < 1.29 is 27.9 Å². The quantitative estimate of drug-likeness (QED) is 0.804. The molecule has 2 aliphatic heterocycles. The van der Waals surface area contributed by atoms with Crippen LogP contribution in [0.2, 0.25) is 0 Å². The van der Waals surface area contributed by atoms with Gasteiger partial charge in [0.25, 0.3) is 0 Å². The highest BCUT2D eigenvalue weighted by atomic mass is 32.2. The predicted molar refractivity (Wildman–Crippen MR) is 110 cm³/mol. The number of nitrogens with zero attached hydrogens (tertiary/aromatic N) is 1. The Hall–Kier alpha value is -2.71. The molecule has 30 heavy (non-hydrogen) atoms. The van der Waals surface area contributed by atoms with Gasteiger partial charge in [-0.1, -0.05) is 6.07 Å². The molecule has 1 spiro atoms. The highest BCUT2D eigenvalue weighted by molar-refractivity contribution is 7.89. The van der Waals surface area contributed by atoms with Crippen LogP contribution in [0.4, 0.5) is 0 Å². The van der Waals surface area contributed by atoms with E-state index in [2.05, 4.69) is 0 Å². The third-order valence-electron chi connectivity index (χ3n) is 5.90. The Balaban J connectivity index is 1.53. The van der Waals surface area contributed by atoms with Gasteiger partial charge in [0.15, 0.2) is 5.78 Å². The van der Waals surface area contributed by atoms with E-state index in [1.54, 1.807) is 0 Å². The number of benzene rings is 2. The maximum absolute atomic E-state index is 13.0. The van der Waals surface area contributed by atoms with E-state index in [1.165, 1.54) is 28.6 Å². The number of carbonyl (C=O) groups excluding carboxylic acids is 1. The van der Waals surface area contributed by atoms with Crippen LogP contribution in [0.5, 0.6) is 5.75 Å². The van der Waals surface area contributed by atoms with Gasteiger partial charge in [-0.2, -0.15) is 4.31 Å². The van der Waals surface area contributed by atoms with Crippen molar-refractivity contribution in [1.29, 1.82) is 0 Å². The first-order valence-electron chi connectivity index (χ1n) is 9.78. The second-order valence-corrected chi connectivity index (χ2v) is 10.0.